The van der Waals surface area contributed by atoms with Gasteiger partial charge in [-0.1, -0.05) is 101 Å². The zero-order valence-corrected chi connectivity index (χ0v) is 17.2. The molecule has 0 fully saturated rings. The van der Waals surface area contributed by atoms with Crippen molar-refractivity contribution in [2.45, 2.75) is 0 Å². The Labute approximate surface area is 177 Å². The van der Waals surface area contributed by atoms with Crippen molar-refractivity contribution in [2.75, 3.05) is 0 Å². The van der Waals surface area contributed by atoms with Gasteiger partial charge in [0.1, 0.15) is 0 Å². The van der Waals surface area contributed by atoms with E-state index in [2.05, 4.69) is 70.5 Å². The first-order chi connectivity index (χ1) is 14.2. The maximum Gasteiger partial charge on any atom is 0.193 e. The number of hydrogen-bond donors (Lipinski definition) is 0. The SMILES string of the molecule is O=C(c1ccc(-c2cc3ccccc3c3ccccc23)cc1)c1cccc(Br)c1. The third kappa shape index (κ3) is 3.26. The van der Waals surface area contributed by atoms with Crippen LogP contribution in [0.25, 0.3) is 32.7 Å². The highest BCUT2D eigenvalue weighted by Gasteiger charge is 2.12. The van der Waals surface area contributed by atoms with Gasteiger partial charge in [-0.25, -0.2) is 0 Å². The number of rotatable bonds is 3. The van der Waals surface area contributed by atoms with Gasteiger partial charge in [0.2, 0.25) is 0 Å². The molecule has 29 heavy (non-hydrogen) atoms. The fourth-order valence-corrected chi connectivity index (χ4v) is 4.29. The monoisotopic (exact) mass is 436 g/mol. The van der Waals surface area contributed by atoms with Gasteiger partial charge in [-0.3, -0.25) is 4.79 Å². The summed E-state index contributed by atoms with van der Waals surface area (Å²) < 4.78 is 0.905. The second-order valence-electron chi connectivity index (χ2n) is 7.11. The Hall–Kier alpha value is -3.23. The van der Waals surface area contributed by atoms with Crippen LogP contribution in [0, 0.1) is 0 Å². The Bertz CT molecular complexity index is 1370. The predicted molar refractivity (Wildman–Crippen MR) is 124 cm³/mol. The van der Waals surface area contributed by atoms with E-state index in [0.29, 0.717) is 11.1 Å². The third-order valence-corrected chi connectivity index (χ3v) is 5.81. The van der Waals surface area contributed by atoms with Crippen molar-refractivity contribution in [3.63, 3.8) is 0 Å². The molecule has 0 radical (unpaired) electrons. The number of benzene rings is 5. The number of carbonyl (C=O) groups is 1. The Morgan fingerprint density at radius 3 is 2.03 bits per heavy atom. The standard InChI is InChI=1S/C27H17BrO/c28-22-8-5-7-21(16-22)27(29)19-14-12-18(13-15-19)26-17-20-6-1-2-9-23(20)24-10-3-4-11-25(24)26/h1-17H. The lowest BCUT2D eigenvalue weighted by molar-refractivity contribution is 0.103. The van der Waals surface area contributed by atoms with Gasteiger partial charge in [0.25, 0.3) is 0 Å². The molecule has 0 heterocycles. The summed E-state index contributed by atoms with van der Waals surface area (Å²) in [5.41, 5.74) is 3.67. The van der Waals surface area contributed by atoms with Crippen molar-refractivity contribution in [3.05, 3.63) is 119 Å². The lowest BCUT2D eigenvalue weighted by Gasteiger charge is -2.11. The first-order valence-corrected chi connectivity index (χ1v) is 10.3. The van der Waals surface area contributed by atoms with Gasteiger partial charge >= 0.3 is 0 Å². The summed E-state index contributed by atoms with van der Waals surface area (Å²) in [5, 5.41) is 4.94. The van der Waals surface area contributed by atoms with Crippen LogP contribution in [0.15, 0.2) is 108 Å². The Morgan fingerprint density at radius 1 is 0.586 bits per heavy atom. The average Bonchev–Trinajstić information content (AvgIpc) is 2.78. The molecular formula is C27H17BrO. The van der Waals surface area contributed by atoms with E-state index in [1.807, 2.05) is 48.5 Å². The lowest BCUT2D eigenvalue weighted by Crippen LogP contribution is -2.00. The number of halogens is 1. The van der Waals surface area contributed by atoms with Crippen molar-refractivity contribution >= 4 is 43.3 Å². The Kier molecular flexibility index (Phi) is 4.49. The van der Waals surface area contributed by atoms with E-state index in [9.17, 15) is 4.79 Å². The van der Waals surface area contributed by atoms with E-state index in [4.69, 9.17) is 0 Å². The van der Waals surface area contributed by atoms with Crippen LogP contribution in [0.5, 0.6) is 0 Å². The minimum atomic E-state index is 0.0289. The molecule has 0 amide bonds. The summed E-state index contributed by atoms with van der Waals surface area (Å²) in [6.45, 7) is 0. The van der Waals surface area contributed by atoms with Crippen LogP contribution in [0.1, 0.15) is 15.9 Å². The van der Waals surface area contributed by atoms with Gasteiger partial charge in [-0.2, -0.15) is 0 Å². The van der Waals surface area contributed by atoms with E-state index >= 15 is 0 Å². The number of carbonyl (C=O) groups excluding carboxylic acids is 1. The molecule has 0 aromatic heterocycles. The first kappa shape index (κ1) is 17.8. The molecule has 0 saturated heterocycles. The molecule has 5 rings (SSSR count). The van der Waals surface area contributed by atoms with Gasteiger partial charge in [-0.05, 0) is 50.9 Å². The molecule has 0 saturated carbocycles. The molecule has 5 aromatic carbocycles. The molecule has 0 aliphatic heterocycles. The molecule has 0 bridgehead atoms. The minimum absolute atomic E-state index is 0.0289. The average molecular weight is 437 g/mol. The van der Waals surface area contributed by atoms with E-state index in [0.717, 1.165) is 10.0 Å². The van der Waals surface area contributed by atoms with Crippen molar-refractivity contribution in [2.24, 2.45) is 0 Å². The number of fused-ring (bicyclic) bond motifs is 3. The van der Waals surface area contributed by atoms with E-state index in [-0.39, 0.29) is 5.78 Å². The van der Waals surface area contributed by atoms with Crippen LogP contribution < -0.4 is 0 Å². The maximum atomic E-state index is 12.8. The van der Waals surface area contributed by atoms with Crippen molar-refractivity contribution < 1.29 is 4.79 Å². The molecule has 5 aromatic rings. The summed E-state index contributed by atoms with van der Waals surface area (Å²) in [4.78, 5) is 12.8. The van der Waals surface area contributed by atoms with Crippen molar-refractivity contribution in [1.29, 1.82) is 0 Å². The van der Waals surface area contributed by atoms with E-state index < -0.39 is 0 Å². The largest absolute Gasteiger partial charge is 0.289 e. The maximum absolute atomic E-state index is 12.8. The number of hydrogen-bond acceptors (Lipinski definition) is 1. The van der Waals surface area contributed by atoms with Crippen LogP contribution in [0.3, 0.4) is 0 Å². The molecule has 138 valence electrons. The topological polar surface area (TPSA) is 17.1 Å². The molecule has 0 aliphatic carbocycles. The molecule has 0 unspecified atom stereocenters. The van der Waals surface area contributed by atoms with Crippen LogP contribution in [0.4, 0.5) is 0 Å². The zero-order valence-electron chi connectivity index (χ0n) is 15.6. The molecule has 0 aliphatic rings. The van der Waals surface area contributed by atoms with Gasteiger partial charge in [-0.15, -0.1) is 0 Å². The van der Waals surface area contributed by atoms with Crippen molar-refractivity contribution in [1.82, 2.24) is 0 Å². The molecule has 1 nitrogen and oxygen atoms in total. The summed E-state index contributed by atoms with van der Waals surface area (Å²) in [7, 11) is 0. The molecule has 0 N–H and O–H groups in total. The smallest absolute Gasteiger partial charge is 0.193 e. The van der Waals surface area contributed by atoms with E-state index in [1.54, 1.807) is 0 Å². The van der Waals surface area contributed by atoms with Gasteiger partial charge in [0, 0.05) is 15.6 Å². The highest BCUT2D eigenvalue weighted by Crippen LogP contribution is 2.35. The molecular weight excluding hydrogens is 420 g/mol. The van der Waals surface area contributed by atoms with Crippen LogP contribution in [0.2, 0.25) is 0 Å². The Balaban J connectivity index is 1.61. The lowest BCUT2D eigenvalue weighted by atomic mass is 9.92. The third-order valence-electron chi connectivity index (χ3n) is 5.31. The predicted octanol–water partition coefficient (Wildman–Crippen LogP) is 7.65. The Morgan fingerprint density at radius 2 is 1.28 bits per heavy atom. The highest BCUT2D eigenvalue weighted by molar-refractivity contribution is 9.10. The summed E-state index contributed by atoms with van der Waals surface area (Å²) >= 11 is 3.44. The van der Waals surface area contributed by atoms with E-state index in [1.165, 1.54) is 27.1 Å². The molecule has 2 heteroatoms. The summed E-state index contributed by atoms with van der Waals surface area (Å²) in [6, 6.07) is 34.6. The van der Waals surface area contributed by atoms with Crippen LogP contribution in [-0.4, -0.2) is 5.78 Å². The van der Waals surface area contributed by atoms with Crippen molar-refractivity contribution in [3.8, 4) is 11.1 Å². The van der Waals surface area contributed by atoms with Crippen LogP contribution in [-0.2, 0) is 0 Å². The zero-order chi connectivity index (χ0) is 19.8. The summed E-state index contributed by atoms with van der Waals surface area (Å²) in [6.07, 6.45) is 0. The fourth-order valence-electron chi connectivity index (χ4n) is 3.89. The molecule has 0 atom stereocenters. The minimum Gasteiger partial charge on any atom is -0.289 e. The van der Waals surface area contributed by atoms with Gasteiger partial charge < -0.3 is 0 Å². The fraction of sp³-hybridized carbons (Fsp3) is 0. The summed E-state index contributed by atoms with van der Waals surface area (Å²) in [5.74, 6) is 0.0289. The normalized spacial score (nSPS) is 11.1. The second kappa shape index (κ2) is 7.31. The van der Waals surface area contributed by atoms with Gasteiger partial charge in [0.15, 0.2) is 5.78 Å². The second-order valence-corrected chi connectivity index (χ2v) is 8.02. The quantitative estimate of drug-likeness (QED) is 0.209. The van der Waals surface area contributed by atoms with Gasteiger partial charge in [0.05, 0.1) is 0 Å². The van der Waals surface area contributed by atoms with Crippen LogP contribution >= 0.6 is 15.9 Å². The molecule has 0 spiro atoms. The first-order valence-electron chi connectivity index (χ1n) is 9.52. The number of ketones is 1. The highest BCUT2D eigenvalue weighted by atomic mass is 79.9.